The Morgan fingerprint density at radius 1 is 1.19 bits per heavy atom. The van der Waals surface area contributed by atoms with Crippen molar-refractivity contribution in [2.45, 2.75) is 19.8 Å². The zero-order chi connectivity index (χ0) is 18.6. The lowest BCUT2D eigenvalue weighted by Crippen LogP contribution is -2.04. The molecule has 2 aromatic carbocycles. The van der Waals surface area contributed by atoms with Gasteiger partial charge >= 0.3 is 0 Å². The summed E-state index contributed by atoms with van der Waals surface area (Å²) in [6.07, 6.45) is 4.04. The van der Waals surface area contributed by atoms with Gasteiger partial charge in [-0.1, -0.05) is 31.2 Å². The minimum absolute atomic E-state index is 0.848. The summed E-state index contributed by atoms with van der Waals surface area (Å²) in [5, 5.41) is 7.76. The van der Waals surface area contributed by atoms with Gasteiger partial charge in [0.15, 0.2) is 5.13 Å². The van der Waals surface area contributed by atoms with Crippen LogP contribution in [-0.2, 0) is 12.8 Å². The molecule has 0 atom stereocenters. The second-order valence-corrected chi connectivity index (χ2v) is 7.32. The predicted octanol–water partition coefficient (Wildman–Crippen LogP) is 5.52. The van der Waals surface area contributed by atoms with Gasteiger partial charge < -0.3 is 15.0 Å². The molecule has 0 saturated carbocycles. The van der Waals surface area contributed by atoms with Crippen LogP contribution in [0.4, 0.5) is 5.13 Å². The maximum Gasteiger partial charge on any atom is 0.183 e. The number of fused-ring (bicyclic) bond motifs is 1. The van der Waals surface area contributed by atoms with Gasteiger partial charge in [0, 0.05) is 34.6 Å². The van der Waals surface area contributed by atoms with E-state index in [4.69, 9.17) is 9.72 Å². The molecule has 0 radical (unpaired) electrons. The monoisotopic (exact) mass is 377 g/mol. The highest BCUT2D eigenvalue weighted by Gasteiger charge is 2.11. The Morgan fingerprint density at radius 3 is 2.93 bits per heavy atom. The van der Waals surface area contributed by atoms with Crippen molar-refractivity contribution < 1.29 is 4.74 Å². The summed E-state index contributed by atoms with van der Waals surface area (Å²) >= 11 is 1.63. The highest BCUT2D eigenvalue weighted by Crippen LogP contribution is 2.33. The lowest BCUT2D eigenvalue weighted by atomic mass is 10.1. The van der Waals surface area contributed by atoms with E-state index in [-0.39, 0.29) is 0 Å². The summed E-state index contributed by atoms with van der Waals surface area (Å²) in [5.74, 6) is 0.880. The van der Waals surface area contributed by atoms with Crippen LogP contribution in [-0.4, -0.2) is 23.6 Å². The van der Waals surface area contributed by atoms with Crippen LogP contribution in [0.1, 0.15) is 18.1 Å². The fraction of sp³-hybridized carbons (Fsp3) is 0.227. The van der Waals surface area contributed by atoms with Gasteiger partial charge in [0.2, 0.25) is 0 Å². The van der Waals surface area contributed by atoms with Crippen LogP contribution >= 0.6 is 11.3 Å². The Morgan fingerprint density at radius 2 is 2.07 bits per heavy atom. The van der Waals surface area contributed by atoms with Gasteiger partial charge in [0.1, 0.15) is 5.75 Å². The third-order valence-corrected chi connectivity index (χ3v) is 5.60. The Balaban J connectivity index is 1.44. The highest BCUT2D eigenvalue weighted by molar-refractivity contribution is 7.14. The van der Waals surface area contributed by atoms with E-state index in [1.807, 2.05) is 0 Å². The van der Waals surface area contributed by atoms with E-state index in [1.165, 1.54) is 22.0 Å². The van der Waals surface area contributed by atoms with Crippen molar-refractivity contribution in [2.24, 2.45) is 0 Å². The lowest BCUT2D eigenvalue weighted by Gasteiger charge is -2.08. The molecule has 4 aromatic rings. The smallest absolute Gasteiger partial charge is 0.183 e. The largest absolute Gasteiger partial charge is 0.496 e. The number of nitrogens with zero attached hydrogens (tertiary/aromatic N) is 1. The van der Waals surface area contributed by atoms with Crippen LogP contribution in [0.3, 0.4) is 0 Å². The number of ether oxygens (including phenoxy) is 1. The maximum atomic E-state index is 5.56. The second-order valence-electron chi connectivity index (χ2n) is 6.46. The van der Waals surface area contributed by atoms with Crippen LogP contribution in [0.25, 0.3) is 22.2 Å². The van der Waals surface area contributed by atoms with Crippen molar-refractivity contribution >= 4 is 27.4 Å². The summed E-state index contributed by atoms with van der Waals surface area (Å²) in [7, 11) is 1.71. The summed E-state index contributed by atoms with van der Waals surface area (Å²) in [5.41, 5.74) is 5.77. The number of methoxy groups -OCH3 is 1. The average Bonchev–Trinajstić information content (AvgIpc) is 3.35. The molecule has 2 heterocycles. The fourth-order valence-electron chi connectivity index (χ4n) is 3.29. The molecule has 5 heteroatoms. The van der Waals surface area contributed by atoms with Crippen molar-refractivity contribution in [3.05, 3.63) is 65.2 Å². The number of thiazole rings is 1. The van der Waals surface area contributed by atoms with E-state index in [0.717, 1.165) is 41.5 Å². The molecule has 0 bridgehead atoms. The number of aromatic nitrogens is 2. The molecule has 0 unspecified atom stereocenters. The Bertz CT molecular complexity index is 1050. The standard InChI is InChI=1S/C22H23N3OS/c1-3-15-8-9-18(21(12-15)26-2)20-14-27-22(25-20)23-11-10-16-13-24-19-7-5-4-6-17(16)19/h4-9,12-14,24H,3,10-11H2,1-2H3,(H,23,25). The third kappa shape index (κ3) is 3.69. The molecule has 0 aliphatic heterocycles. The molecule has 0 aliphatic carbocycles. The first-order valence-corrected chi connectivity index (χ1v) is 10.1. The number of hydrogen-bond donors (Lipinski definition) is 2. The zero-order valence-corrected chi connectivity index (χ0v) is 16.4. The normalized spacial score (nSPS) is 11.0. The minimum Gasteiger partial charge on any atom is -0.496 e. The number of benzene rings is 2. The van der Waals surface area contributed by atoms with E-state index in [2.05, 4.69) is 71.3 Å². The van der Waals surface area contributed by atoms with E-state index in [9.17, 15) is 0 Å². The van der Waals surface area contributed by atoms with E-state index < -0.39 is 0 Å². The highest BCUT2D eigenvalue weighted by atomic mass is 32.1. The number of aromatic amines is 1. The van der Waals surface area contributed by atoms with Gasteiger partial charge in [-0.25, -0.2) is 4.98 Å². The van der Waals surface area contributed by atoms with Gasteiger partial charge in [0.25, 0.3) is 0 Å². The van der Waals surface area contributed by atoms with Crippen LogP contribution < -0.4 is 10.1 Å². The topological polar surface area (TPSA) is 49.9 Å². The van der Waals surface area contributed by atoms with Crippen LogP contribution in [0.15, 0.2) is 54.0 Å². The van der Waals surface area contributed by atoms with Gasteiger partial charge in [0.05, 0.1) is 12.8 Å². The van der Waals surface area contributed by atoms with Crippen molar-refractivity contribution in [3.63, 3.8) is 0 Å². The molecular formula is C22H23N3OS. The summed E-state index contributed by atoms with van der Waals surface area (Å²) in [6, 6.07) is 14.7. The minimum atomic E-state index is 0.848. The summed E-state index contributed by atoms with van der Waals surface area (Å²) in [4.78, 5) is 8.08. The number of aryl methyl sites for hydroxylation is 1. The molecule has 4 nitrogen and oxygen atoms in total. The molecule has 4 rings (SSSR count). The number of hydrogen-bond acceptors (Lipinski definition) is 4. The molecule has 0 amide bonds. The summed E-state index contributed by atoms with van der Waals surface area (Å²) < 4.78 is 5.56. The van der Waals surface area contributed by atoms with Gasteiger partial charge in [-0.15, -0.1) is 11.3 Å². The van der Waals surface area contributed by atoms with Crippen LogP contribution in [0.5, 0.6) is 5.75 Å². The maximum absolute atomic E-state index is 5.56. The van der Waals surface area contributed by atoms with Crippen LogP contribution in [0, 0.1) is 0 Å². The Hall–Kier alpha value is -2.79. The van der Waals surface area contributed by atoms with E-state index in [0.29, 0.717) is 0 Å². The van der Waals surface area contributed by atoms with Crippen LogP contribution in [0.2, 0.25) is 0 Å². The molecule has 27 heavy (non-hydrogen) atoms. The van der Waals surface area contributed by atoms with Gasteiger partial charge in [-0.2, -0.15) is 0 Å². The molecule has 2 N–H and O–H groups in total. The first-order chi connectivity index (χ1) is 13.3. The number of nitrogens with one attached hydrogen (secondary N) is 2. The van der Waals surface area contributed by atoms with Gasteiger partial charge in [-0.05, 0) is 42.2 Å². The number of H-pyrrole nitrogens is 1. The van der Waals surface area contributed by atoms with E-state index >= 15 is 0 Å². The number of anilines is 1. The number of rotatable bonds is 7. The predicted molar refractivity (Wildman–Crippen MR) is 114 cm³/mol. The third-order valence-electron chi connectivity index (χ3n) is 4.80. The van der Waals surface area contributed by atoms with Gasteiger partial charge in [-0.3, -0.25) is 0 Å². The fourth-order valence-corrected chi connectivity index (χ4v) is 4.03. The molecule has 0 aliphatic rings. The van der Waals surface area contributed by atoms with Crippen molar-refractivity contribution in [3.8, 4) is 17.0 Å². The number of para-hydroxylation sites is 1. The zero-order valence-electron chi connectivity index (χ0n) is 15.6. The molecule has 0 fully saturated rings. The van der Waals surface area contributed by atoms with Crippen molar-refractivity contribution in [2.75, 3.05) is 19.0 Å². The summed E-state index contributed by atoms with van der Waals surface area (Å²) in [6.45, 7) is 2.99. The molecule has 0 saturated heterocycles. The van der Waals surface area contributed by atoms with E-state index in [1.54, 1.807) is 18.4 Å². The average molecular weight is 378 g/mol. The first kappa shape index (κ1) is 17.6. The first-order valence-electron chi connectivity index (χ1n) is 9.20. The second kappa shape index (κ2) is 7.84. The lowest BCUT2D eigenvalue weighted by molar-refractivity contribution is 0.416. The van der Waals surface area contributed by atoms with Crippen molar-refractivity contribution in [1.29, 1.82) is 0 Å². The molecule has 138 valence electrons. The quantitative estimate of drug-likeness (QED) is 0.446. The molecule has 2 aromatic heterocycles. The molecular weight excluding hydrogens is 354 g/mol. The Labute approximate surface area is 163 Å². The Kier molecular flexibility index (Phi) is 5.12. The molecule has 0 spiro atoms. The SMILES string of the molecule is CCc1ccc(-c2csc(NCCc3c[nH]c4ccccc34)n2)c(OC)c1. The van der Waals surface area contributed by atoms with Crippen molar-refractivity contribution in [1.82, 2.24) is 9.97 Å².